The van der Waals surface area contributed by atoms with Crippen molar-refractivity contribution in [3.8, 4) is 0 Å². The van der Waals surface area contributed by atoms with Gasteiger partial charge in [0.25, 0.3) is 0 Å². The van der Waals surface area contributed by atoms with Gasteiger partial charge in [0.1, 0.15) is 0 Å². The van der Waals surface area contributed by atoms with E-state index >= 15 is 0 Å². The van der Waals surface area contributed by atoms with Crippen LogP contribution in [0, 0.1) is 17.8 Å². The topological polar surface area (TPSA) is 0 Å². The number of halogens is 2. The van der Waals surface area contributed by atoms with E-state index in [9.17, 15) is 8.78 Å². The first-order valence-corrected chi connectivity index (χ1v) is 6.50. The second-order valence-electron chi connectivity index (χ2n) is 5.50. The monoisotopic (exact) mass is 216 g/mol. The van der Waals surface area contributed by atoms with Gasteiger partial charge >= 0.3 is 0 Å². The number of hydrogen-bond donors (Lipinski definition) is 0. The summed E-state index contributed by atoms with van der Waals surface area (Å²) < 4.78 is 25.9. The molecular weight excluding hydrogens is 194 g/mol. The zero-order chi connectivity index (χ0) is 10.9. The van der Waals surface area contributed by atoms with Crippen LogP contribution in [0.1, 0.15) is 58.3 Å². The van der Waals surface area contributed by atoms with Crippen LogP contribution in [0.25, 0.3) is 0 Å². The molecule has 2 aliphatic carbocycles. The van der Waals surface area contributed by atoms with Crippen molar-refractivity contribution in [3.63, 3.8) is 0 Å². The van der Waals surface area contributed by atoms with Gasteiger partial charge in [-0.05, 0) is 37.0 Å². The van der Waals surface area contributed by atoms with E-state index in [1.54, 1.807) is 0 Å². The molecule has 2 aliphatic rings. The average molecular weight is 216 g/mol. The van der Waals surface area contributed by atoms with Crippen LogP contribution in [0.5, 0.6) is 0 Å². The van der Waals surface area contributed by atoms with Gasteiger partial charge in [-0.15, -0.1) is 0 Å². The zero-order valence-electron chi connectivity index (χ0n) is 9.64. The van der Waals surface area contributed by atoms with Gasteiger partial charge in [0.05, 0.1) is 0 Å². The predicted octanol–water partition coefficient (Wildman–Crippen LogP) is 4.64. The molecule has 0 amide bonds. The van der Waals surface area contributed by atoms with Crippen molar-refractivity contribution in [2.45, 2.75) is 64.2 Å². The van der Waals surface area contributed by atoms with Crippen LogP contribution >= 0.6 is 0 Å². The lowest BCUT2D eigenvalue weighted by Crippen LogP contribution is -2.25. The summed E-state index contributed by atoms with van der Waals surface area (Å²) in [5.41, 5.74) is 0. The van der Waals surface area contributed by atoms with Crippen LogP contribution < -0.4 is 0 Å². The summed E-state index contributed by atoms with van der Waals surface area (Å²) in [6, 6.07) is 0. The van der Waals surface area contributed by atoms with Crippen LogP contribution in [-0.2, 0) is 0 Å². The molecule has 2 atom stereocenters. The lowest BCUT2D eigenvalue weighted by atomic mass is 9.83. The Hall–Kier alpha value is -0.140. The molecule has 15 heavy (non-hydrogen) atoms. The van der Waals surface area contributed by atoms with Crippen molar-refractivity contribution in [3.05, 3.63) is 0 Å². The second-order valence-corrected chi connectivity index (χ2v) is 5.50. The molecule has 0 radical (unpaired) electrons. The predicted molar refractivity (Wildman–Crippen MR) is 58.0 cm³/mol. The van der Waals surface area contributed by atoms with Crippen molar-refractivity contribution in [1.29, 1.82) is 0 Å². The maximum atomic E-state index is 13.0. The SMILES string of the molecule is CCCCC1CC1C1CCC(F)(F)CC1. The Bertz CT molecular complexity index is 203. The van der Waals surface area contributed by atoms with E-state index in [0.717, 1.165) is 24.7 Å². The maximum Gasteiger partial charge on any atom is 0.248 e. The fourth-order valence-corrected chi connectivity index (χ4v) is 3.14. The molecular formula is C13H22F2. The van der Waals surface area contributed by atoms with Gasteiger partial charge < -0.3 is 0 Å². The number of unbranched alkanes of at least 4 members (excludes halogenated alkanes) is 1. The van der Waals surface area contributed by atoms with Crippen LogP contribution in [0.4, 0.5) is 8.78 Å². The summed E-state index contributed by atoms with van der Waals surface area (Å²) in [7, 11) is 0. The van der Waals surface area contributed by atoms with Gasteiger partial charge in [0, 0.05) is 12.8 Å². The Morgan fingerprint density at radius 1 is 1.20 bits per heavy atom. The molecule has 2 heteroatoms. The van der Waals surface area contributed by atoms with Crippen molar-refractivity contribution in [2.24, 2.45) is 17.8 Å². The first kappa shape index (κ1) is 11.3. The minimum absolute atomic E-state index is 0.147. The molecule has 2 unspecified atom stereocenters. The van der Waals surface area contributed by atoms with Crippen LogP contribution in [0.2, 0.25) is 0 Å². The van der Waals surface area contributed by atoms with E-state index in [1.807, 2.05) is 0 Å². The fraction of sp³-hybridized carbons (Fsp3) is 1.00. The third-order valence-corrected chi connectivity index (χ3v) is 4.27. The molecule has 0 spiro atoms. The van der Waals surface area contributed by atoms with E-state index in [0.29, 0.717) is 5.92 Å². The van der Waals surface area contributed by atoms with Gasteiger partial charge in [0.2, 0.25) is 5.92 Å². The van der Waals surface area contributed by atoms with Crippen LogP contribution in [0.15, 0.2) is 0 Å². The van der Waals surface area contributed by atoms with Gasteiger partial charge in [0.15, 0.2) is 0 Å². The third-order valence-electron chi connectivity index (χ3n) is 4.27. The molecule has 88 valence electrons. The molecule has 2 fully saturated rings. The van der Waals surface area contributed by atoms with Gasteiger partial charge in [-0.2, -0.15) is 0 Å². The highest BCUT2D eigenvalue weighted by Crippen LogP contribution is 2.53. The molecule has 0 aromatic rings. The zero-order valence-corrected chi connectivity index (χ0v) is 9.64. The molecule has 0 aromatic heterocycles. The number of rotatable bonds is 4. The minimum atomic E-state index is -2.34. The number of hydrogen-bond acceptors (Lipinski definition) is 0. The molecule has 0 aromatic carbocycles. The quantitative estimate of drug-likeness (QED) is 0.642. The van der Waals surface area contributed by atoms with E-state index < -0.39 is 5.92 Å². The lowest BCUT2D eigenvalue weighted by Gasteiger charge is -2.28. The van der Waals surface area contributed by atoms with Crippen molar-refractivity contribution < 1.29 is 8.78 Å². The molecule has 0 saturated heterocycles. The summed E-state index contributed by atoms with van der Waals surface area (Å²) in [5, 5.41) is 0. The summed E-state index contributed by atoms with van der Waals surface area (Å²) in [6.07, 6.45) is 7.12. The van der Waals surface area contributed by atoms with Gasteiger partial charge in [-0.3, -0.25) is 0 Å². The summed E-state index contributed by atoms with van der Waals surface area (Å²) in [6.45, 7) is 2.22. The molecule has 0 nitrogen and oxygen atoms in total. The Morgan fingerprint density at radius 2 is 1.87 bits per heavy atom. The molecule has 0 N–H and O–H groups in total. The largest absolute Gasteiger partial charge is 0.248 e. The Morgan fingerprint density at radius 3 is 2.47 bits per heavy atom. The first-order valence-electron chi connectivity index (χ1n) is 6.50. The van der Waals surface area contributed by atoms with E-state index in [-0.39, 0.29) is 12.8 Å². The highest BCUT2D eigenvalue weighted by Gasteiger charge is 2.45. The summed E-state index contributed by atoms with van der Waals surface area (Å²) in [5.74, 6) is -0.00887. The van der Waals surface area contributed by atoms with E-state index in [4.69, 9.17) is 0 Å². The minimum Gasteiger partial charge on any atom is -0.207 e. The normalized spacial score (nSPS) is 35.4. The lowest BCUT2D eigenvalue weighted by molar-refractivity contribution is -0.0485. The fourth-order valence-electron chi connectivity index (χ4n) is 3.14. The van der Waals surface area contributed by atoms with Crippen LogP contribution in [0.3, 0.4) is 0 Å². The molecule has 2 rings (SSSR count). The average Bonchev–Trinajstić information content (AvgIpc) is 2.94. The second kappa shape index (κ2) is 4.39. The Labute approximate surface area is 91.4 Å². The van der Waals surface area contributed by atoms with Crippen molar-refractivity contribution >= 4 is 0 Å². The molecule has 0 heterocycles. The first-order chi connectivity index (χ1) is 7.12. The Kier molecular flexibility index (Phi) is 3.32. The van der Waals surface area contributed by atoms with E-state index in [2.05, 4.69) is 6.92 Å². The highest BCUT2D eigenvalue weighted by molar-refractivity contribution is 4.93. The van der Waals surface area contributed by atoms with Crippen molar-refractivity contribution in [1.82, 2.24) is 0 Å². The van der Waals surface area contributed by atoms with Gasteiger partial charge in [-0.1, -0.05) is 26.2 Å². The Balaban J connectivity index is 1.70. The highest BCUT2D eigenvalue weighted by atomic mass is 19.3. The van der Waals surface area contributed by atoms with E-state index in [1.165, 1.54) is 25.7 Å². The summed E-state index contributed by atoms with van der Waals surface area (Å²) in [4.78, 5) is 0. The third kappa shape index (κ3) is 2.92. The smallest absolute Gasteiger partial charge is 0.207 e. The maximum absolute atomic E-state index is 13.0. The van der Waals surface area contributed by atoms with Gasteiger partial charge in [-0.25, -0.2) is 8.78 Å². The van der Waals surface area contributed by atoms with Crippen molar-refractivity contribution in [2.75, 3.05) is 0 Å². The van der Waals surface area contributed by atoms with Crippen LogP contribution in [-0.4, -0.2) is 5.92 Å². The molecule has 2 saturated carbocycles. The number of alkyl halides is 2. The molecule has 0 aliphatic heterocycles. The molecule has 0 bridgehead atoms. The summed E-state index contributed by atoms with van der Waals surface area (Å²) >= 11 is 0. The standard InChI is InChI=1S/C13H22F2/c1-2-3-4-11-9-12(11)10-5-7-13(14,15)8-6-10/h10-12H,2-9H2,1H3.